The zero-order valence-corrected chi connectivity index (χ0v) is 14.5. The second-order valence-electron chi connectivity index (χ2n) is 5.27. The highest BCUT2D eigenvalue weighted by molar-refractivity contribution is 6.32. The van der Waals surface area contributed by atoms with Gasteiger partial charge in [-0.05, 0) is 24.1 Å². The Kier molecular flexibility index (Phi) is 7.59. The summed E-state index contributed by atoms with van der Waals surface area (Å²) in [5, 5.41) is 3.32. The van der Waals surface area contributed by atoms with E-state index < -0.39 is 6.10 Å². The van der Waals surface area contributed by atoms with Gasteiger partial charge in [0.1, 0.15) is 5.75 Å². The Morgan fingerprint density at radius 3 is 2.54 bits per heavy atom. The molecule has 4 nitrogen and oxygen atoms in total. The van der Waals surface area contributed by atoms with E-state index in [2.05, 4.69) is 5.32 Å². The standard InChI is InChI=1S/C19H22ClNO3/c1-2-17(24-18-11-7-6-10-16(18)20)19(22)21-12-13-23-14-15-8-4-3-5-9-15/h3-11,17H,2,12-14H2,1H3,(H,21,22). The van der Waals surface area contributed by atoms with Crippen molar-refractivity contribution in [2.75, 3.05) is 13.2 Å². The third-order valence-electron chi connectivity index (χ3n) is 3.43. The van der Waals surface area contributed by atoms with Crippen molar-refractivity contribution in [1.82, 2.24) is 5.32 Å². The molecular formula is C19H22ClNO3. The summed E-state index contributed by atoms with van der Waals surface area (Å²) >= 11 is 6.06. The van der Waals surface area contributed by atoms with Crippen LogP contribution < -0.4 is 10.1 Å². The van der Waals surface area contributed by atoms with Gasteiger partial charge >= 0.3 is 0 Å². The maximum Gasteiger partial charge on any atom is 0.261 e. The molecule has 0 spiro atoms. The lowest BCUT2D eigenvalue weighted by Crippen LogP contribution is -2.39. The minimum Gasteiger partial charge on any atom is -0.479 e. The molecular weight excluding hydrogens is 326 g/mol. The second-order valence-corrected chi connectivity index (χ2v) is 5.68. The van der Waals surface area contributed by atoms with Crippen LogP contribution in [0.2, 0.25) is 5.02 Å². The van der Waals surface area contributed by atoms with Crippen LogP contribution in [-0.2, 0) is 16.1 Å². The zero-order valence-electron chi connectivity index (χ0n) is 13.7. The highest BCUT2D eigenvalue weighted by Crippen LogP contribution is 2.24. The highest BCUT2D eigenvalue weighted by atomic mass is 35.5. The minimum atomic E-state index is -0.570. The first-order valence-corrected chi connectivity index (χ1v) is 8.39. The summed E-state index contributed by atoms with van der Waals surface area (Å²) in [7, 11) is 0. The highest BCUT2D eigenvalue weighted by Gasteiger charge is 2.18. The van der Waals surface area contributed by atoms with Crippen molar-refractivity contribution in [1.29, 1.82) is 0 Å². The van der Waals surface area contributed by atoms with E-state index in [-0.39, 0.29) is 5.91 Å². The van der Waals surface area contributed by atoms with E-state index in [0.717, 1.165) is 5.56 Å². The number of hydrogen-bond donors (Lipinski definition) is 1. The normalized spacial score (nSPS) is 11.8. The predicted molar refractivity (Wildman–Crippen MR) is 95.3 cm³/mol. The van der Waals surface area contributed by atoms with Gasteiger partial charge in [0.2, 0.25) is 0 Å². The van der Waals surface area contributed by atoms with Gasteiger partial charge in [-0.15, -0.1) is 0 Å². The smallest absolute Gasteiger partial charge is 0.261 e. The van der Waals surface area contributed by atoms with Gasteiger partial charge in [-0.3, -0.25) is 4.79 Å². The van der Waals surface area contributed by atoms with Crippen molar-refractivity contribution in [3.8, 4) is 5.75 Å². The molecule has 0 bridgehead atoms. The molecule has 128 valence electrons. The van der Waals surface area contributed by atoms with E-state index in [4.69, 9.17) is 21.1 Å². The van der Waals surface area contributed by atoms with E-state index in [1.165, 1.54) is 0 Å². The van der Waals surface area contributed by atoms with Gasteiger partial charge in [-0.1, -0.05) is 61.0 Å². The first-order valence-electron chi connectivity index (χ1n) is 8.01. The van der Waals surface area contributed by atoms with Crippen LogP contribution in [0.5, 0.6) is 5.75 Å². The Morgan fingerprint density at radius 2 is 1.83 bits per heavy atom. The van der Waals surface area contributed by atoms with Crippen LogP contribution in [0, 0.1) is 0 Å². The Morgan fingerprint density at radius 1 is 1.12 bits per heavy atom. The van der Waals surface area contributed by atoms with Crippen LogP contribution in [0.25, 0.3) is 0 Å². The maximum absolute atomic E-state index is 12.2. The predicted octanol–water partition coefficient (Wildman–Crippen LogP) is 3.83. The molecule has 2 aromatic carbocycles. The van der Waals surface area contributed by atoms with Gasteiger partial charge < -0.3 is 14.8 Å². The SMILES string of the molecule is CCC(Oc1ccccc1Cl)C(=O)NCCOCc1ccccc1. The van der Waals surface area contributed by atoms with Crippen LogP contribution in [-0.4, -0.2) is 25.2 Å². The van der Waals surface area contributed by atoms with E-state index in [9.17, 15) is 4.79 Å². The molecule has 0 saturated heterocycles. The minimum absolute atomic E-state index is 0.166. The second kappa shape index (κ2) is 9.96. The van der Waals surface area contributed by atoms with Crippen LogP contribution in [0.1, 0.15) is 18.9 Å². The number of benzene rings is 2. The first kappa shape index (κ1) is 18.3. The molecule has 5 heteroatoms. The third kappa shape index (κ3) is 5.87. The number of amides is 1. The summed E-state index contributed by atoms with van der Waals surface area (Å²) in [6, 6.07) is 17.0. The summed E-state index contributed by atoms with van der Waals surface area (Å²) in [5.41, 5.74) is 1.11. The summed E-state index contributed by atoms with van der Waals surface area (Å²) in [6.07, 6.45) is -0.0129. The molecule has 1 N–H and O–H groups in total. The van der Waals surface area contributed by atoms with Crippen molar-refractivity contribution >= 4 is 17.5 Å². The van der Waals surface area contributed by atoms with Crippen LogP contribution in [0.3, 0.4) is 0 Å². The third-order valence-corrected chi connectivity index (χ3v) is 3.74. The Labute approximate surface area is 147 Å². The van der Waals surface area contributed by atoms with Gasteiger partial charge in [0.25, 0.3) is 5.91 Å². The van der Waals surface area contributed by atoms with Gasteiger partial charge in [-0.25, -0.2) is 0 Å². The molecule has 1 atom stereocenters. The fourth-order valence-corrected chi connectivity index (χ4v) is 2.32. The molecule has 2 rings (SSSR count). The Hall–Kier alpha value is -2.04. The average Bonchev–Trinajstić information content (AvgIpc) is 2.61. The summed E-state index contributed by atoms with van der Waals surface area (Å²) < 4.78 is 11.2. The van der Waals surface area contributed by atoms with Crippen molar-refractivity contribution in [2.24, 2.45) is 0 Å². The number of hydrogen-bond acceptors (Lipinski definition) is 3. The summed E-state index contributed by atoms with van der Waals surface area (Å²) in [6.45, 7) is 3.31. The van der Waals surface area contributed by atoms with Gasteiger partial charge in [0.15, 0.2) is 6.10 Å². The quantitative estimate of drug-likeness (QED) is 0.701. The number of halogens is 1. The lowest BCUT2D eigenvalue weighted by molar-refractivity contribution is -0.128. The number of ether oxygens (including phenoxy) is 2. The van der Waals surface area contributed by atoms with Gasteiger partial charge in [0.05, 0.1) is 18.2 Å². The number of nitrogens with one attached hydrogen (secondary N) is 1. The molecule has 0 saturated carbocycles. The molecule has 0 radical (unpaired) electrons. The number of para-hydroxylation sites is 1. The molecule has 24 heavy (non-hydrogen) atoms. The molecule has 0 aromatic heterocycles. The number of carbonyl (C=O) groups is 1. The van der Waals surface area contributed by atoms with Crippen LogP contribution in [0.4, 0.5) is 0 Å². The van der Waals surface area contributed by atoms with Crippen molar-refractivity contribution < 1.29 is 14.3 Å². The van der Waals surface area contributed by atoms with Crippen molar-refractivity contribution in [2.45, 2.75) is 26.1 Å². The van der Waals surface area contributed by atoms with E-state index in [0.29, 0.717) is 37.0 Å². The lowest BCUT2D eigenvalue weighted by atomic mass is 10.2. The molecule has 0 fully saturated rings. The van der Waals surface area contributed by atoms with E-state index >= 15 is 0 Å². The van der Waals surface area contributed by atoms with E-state index in [1.807, 2.05) is 49.4 Å². The topological polar surface area (TPSA) is 47.6 Å². The number of rotatable bonds is 9. The molecule has 2 aromatic rings. The Bertz CT molecular complexity index is 634. The molecule has 0 heterocycles. The summed E-state index contributed by atoms with van der Waals surface area (Å²) in [5.74, 6) is 0.349. The fraction of sp³-hybridized carbons (Fsp3) is 0.316. The fourth-order valence-electron chi connectivity index (χ4n) is 2.14. The zero-order chi connectivity index (χ0) is 17.2. The number of carbonyl (C=O) groups excluding carboxylic acids is 1. The molecule has 0 aliphatic heterocycles. The average molecular weight is 348 g/mol. The van der Waals surface area contributed by atoms with E-state index in [1.54, 1.807) is 12.1 Å². The maximum atomic E-state index is 12.2. The Balaban J connectivity index is 1.71. The van der Waals surface area contributed by atoms with Crippen LogP contribution >= 0.6 is 11.6 Å². The lowest BCUT2D eigenvalue weighted by Gasteiger charge is -2.18. The molecule has 0 aliphatic rings. The first-order chi connectivity index (χ1) is 11.7. The molecule has 0 aliphatic carbocycles. The largest absolute Gasteiger partial charge is 0.479 e. The molecule has 1 unspecified atom stereocenters. The van der Waals surface area contributed by atoms with Gasteiger partial charge in [-0.2, -0.15) is 0 Å². The monoisotopic (exact) mass is 347 g/mol. The molecule has 1 amide bonds. The summed E-state index contributed by atoms with van der Waals surface area (Å²) in [4.78, 5) is 12.2. The van der Waals surface area contributed by atoms with Crippen molar-refractivity contribution in [3.63, 3.8) is 0 Å². The van der Waals surface area contributed by atoms with Gasteiger partial charge in [0, 0.05) is 6.54 Å². The van der Waals surface area contributed by atoms with Crippen LogP contribution in [0.15, 0.2) is 54.6 Å². The van der Waals surface area contributed by atoms with Crippen molar-refractivity contribution in [3.05, 3.63) is 65.2 Å².